The quantitative estimate of drug-likeness (QED) is 0.335. The van der Waals surface area contributed by atoms with Crippen molar-refractivity contribution >= 4 is 75.6 Å². The monoisotopic (exact) mass is 422 g/mol. The van der Waals surface area contributed by atoms with Gasteiger partial charge in [-0.05, 0) is 30.6 Å². The van der Waals surface area contributed by atoms with E-state index in [-0.39, 0.29) is 45.8 Å². The van der Waals surface area contributed by atoms with E-state index in [0.29, 0.717) is 0 Å². The van der Waals surface area contributed by atoms with E-state index in [1.54, 1.807) is 0 Å². The number of halogens is 6. The highest BCUT2D eigenvalue weighted by molar-refractivity contribution is 6.65. The first kappa shape index (κ1) is 16.4. The number of hydrogen-bond acceptors (Lipinski definition) is 2. The number of alkyl halides is 4. The number of carbonyl (C=O) groups is 1. The van der Waals surface area contributed by atoms with E-state index in [9.17, 15) is 4.79 Å². The molecule has 22 heavy (non-hydrogen) atoms. The molecule has 4 rings (SSSR count). The van der Waals surface area contributed by atoms with Crippen molar-refractivity contribution in [1.29, 1.82) is 0 Å². The predicted molar refractivity (Wildman–Crippen MR) is 89.1 cm³/mol. The lowest BCUT2D eigenvalue weighted by Crippen LogP contribution is -2.46. The molecule has 4 aliphatic rings. The first-order chi connectivity index (χ1) is 10.1. The smallest absolute Gasteiger partial charge is 0.302 e. The summed E-state index contributed by atoms with van der Waals surface area (Å²) >= 11 is 39.7. The van der Waals surface area contributed by atoms with Gasteiger partial charge < -0.3 is 4.74 Å². The molecule has 3 saturated carbocycles. The Bertz CT molecular complexity index is 618. The molecular formula is C14H12Cl6O2. The summed E-state index contributed by atoms with van der Waals surface area (Å²) in [5, 5.41) is 0.486. The van der Waals surface area contributed by atoms with Gasteiger partial charge in [-0.2, -0.15) is 0 Å². The van der Waals surface area contributed by atoms with Gasteiger partial charge in [0.1, 0.15) is 15.9 Å². The first-order valence-electron chi connectivity index (χ1n) is 7.07. The molecule has 0 N–H and O–H groups in total. The molecule has 4 bridgehead atoms. The van der Waals surface area contributed by atoms with E-state index in [2.05, 4.69) is 0 Å². The number of ether oxygens (including phenoxy) is 1. The summed E-state index contributed by atoms with van der Waals surface area (Å²) in [6, 6.07) is 0. The van der Waals surface area contributed by atoms with Crippen LogP contribution >= 0.6 is 69.6 Å². The highest BCUT2D eigenvalue weighted by Crippen LogP contribution is 2.82. The largest absolute Gasteiger partial charge is 0.462 e. The van der Waals surface area contributed by atoms with Crippen molar-refractivity contribution in [2.45, 2.75) is 40.0 Å². The summed E-state index contributed by atoms with van der Waals surface area (Å²) < 4.78 is 3.96. The standard InChI is InChI=1S/C14H12Cl6O2/c1-4(21)22-7-3-5-2-6(7)9-8(5)12(17)10(15)11(16)13(9,18)14(12,19)20/h5-9H,2-3H2,1H3/t5-,6+,7+,8-,9+,12-,13+/m1/s1. The molecule has 0 saturated heterocycles. The number of hydrogen-bond donors (Lipinski definition) is 0. The zero-order chi connectivity index (χ0) is 16.2. The lowest BCUT2D eigenvalue weighted by molar-refractivity contribution is -0.150. The number of rotatable bonds is 1. The van der Waals surface area contributed by atoms with Crippen LogP contribution in [-0.4, -0.2) is 26.2 Å². The second kappa shape index (κ2) is 4.56. The van der Waals surface area contributed by atoms with Gasteiger partial charge in [0.2, 0.25) is 0 Å². The molecule has 0 aromatic heterocycles. The molecule has 0 spiro atoms. The van der Waals surface area contributed by atoms with Crippen LogP contribution in [-0.2, 0) is 9.53 Å². The van der Waals surface area contributed by atoms with Crippen LogP contribution in [0.3, 0.4) is 0 Å². The molecule has 2 nitrogen and oxygen atoms in total. The Morgan fingerprint density at radius 3 is 2.14 bits per heavy atom. The summed E-state index contributed by atoms with van der Waals surface area (Å²) in [6.45, 7) is 1.40. The summed E-state index contributed by atoms with van der Waals surface area (Å²) in [6.07, 6.45) is 1.42. The highest BCUT2D eigenvalue weighted by Gasteiger charge is 2.86. The molecule has 4 aliphatic carbocycles. The predicted octanol–water partition coefficient (Wildman–Crippen LogP) is 5.04. The van der Waals surface area contributed by atoms with Crippen LogP contribution in [0.15, 0.2) is 10.1 Å². The van der Waals surface area contributed by atoms with E-state index in [0.717, 1.165) is 12.8 Å². The molecule has 0 aromatic carbocycles. The average molecular weight is 425 g/mol. The van der Waals surface area contributed by atoms with Crippen LogP contribution in [0.4, 0.5) is 0 Å². The third kappa shape index (κ3) is 1.48. The fourth-order valence-corrected chi connectivity index (χ4v) is 8.49. The lowest BCUT2D eigenvalue weighted by Gasteiger charge is -2.41. The Morgan fingerprint density at radius 1 is 1.05 bits per heavy atom. The lowest BCUT2D eigenvalue weighted by atomic mass is 9.71. The summed E-state index contributed by atoms with van der Waals surface area (Å²) in [5.41, 5.74) is 0. The van der Waals surface area contributed by atoms with E-state index in [1.807, 2.05) is 0 Å². The van der Waals surface area contributed by atoms with Gasteiger partial charge in [-0.3, -0.25) is 4.79 Å². The van der Waals surface area contributed by atoms with Gasteiger partial charge in [0.05, 0.1) is 10.1 Å². The van der Waals surface area contributed by atoms with Crippen molar-refractivity contribution in [3.8, 4) is 0 Å². The van der Waals surface area contributed by atoms with Crippen LogP contribution in [0.2, 0.25) is 0 Å². The molecule has 0 unspecified atom stereocenters. The van der Waals surface area contributed by atoms with Crippen LogP contribution in [0.5, 0.6) is 0 Å². The Balaban J connectivity index is 1.83. The Kier molecular flexibility index (Phi) is 3.41. The van der Waals surface area contributed by atoms with Crippen LogP contribution in [0.1, 0.15) is 19.8 Å². The summed E-state index contributed by atoms with van der Waals surface area (Å²) in [4.78, 5) is 8.91. The molecule has 0 aliphatic heterocycles. The SMILES string of the molecule is CC(=O)O[C@H]1C[C@H]2C[C@@H]1[C@H]1[C@@H]2[C@@]2(Cl)C(Cl)=C(Cl)[C@]1(Cl)C2(Cl)Cl. The van der Waals surface area contributed by atoms with E-state index < -0.39 is 14.1 Å². The molecule has 0 aromatic rings. The van der Waals surface area contributed by atoms with E-state index in [1.165, 1.54) is 6.92 Å². The molecule has 0 radical (unpaired) electrons. The second-order valence-electron chi connectivity index (χ2n) is 6.72. The third-order valence-electron chi connectivity index (χ3n) is 5.92. The first-order valence-corrected chi connectivity index (χ1v) is 9.34. The van der Waals surface area contributed by atoms with Crippen molar-refractivity contribution in [3.63, 3.8) is 0 Å². The van der Waals surface area contributed by atoms with E-state index >= 15 is 0 Å². The number of fused-ring (bicyclic) bond motifs is 9. The zero-order valence-corrected chi connectivity index (χ0v) is 15.9. The Labute approximate surface area is 158 Å². The van der Waals surface area contributed by atoms with Crippen molar-refractivity contribution in [3.05, 3.63) is 10.1 Å². The molecule has 7 atom stereocenters. The maximum Gasteiger partial charge on any atom is 0.302 e. The minimum atomic E-state index is -1.49. The Morgan fingerprint density at radius 2 is 1.59 bits per heavy atom. The second-order valence-corrected chi connectivity index (χ2v) is 10.00. The van der Waals surface area contributed by atoms with Crippen molar-refractivity contribution in [1.82, 2.24) is 0 Å². The minimum Gasteiger partial charge on any atom is -0.462 e. The molecular weight excluding hydrogens is 413 g/mol. The fraction of sp³-hybridized carbons (Fsp3) is 0.786. The van der Waals surface area contributed by atoms with Crippen molar-refractivity contribution in [2.75, 3.05) is 0 Å². The molecule has 0 amide bonds. The maximum absolute atomic E-state index is 11.3. The van der Waals surface area contributed by atoms with E-state index in [4.69, 9.17) is 74.3 Å². The van der Waals surface area contributed by atoms with Gasteiger partial charge >= 0.3 is 5.97 Å². The van der Waals surface area contributed by atoms with Gasteiger partial charge in [-0.15, -0.1) is 23.2 Å². The molecule has 3 fully saturated rings. The van der Waals surface area contributed by atoms with Gasteiger partial charge in [-0.25, -0.2) is 0 Å². The van der Waals surface area contributed by atoms with Gasteiger partial charge in [0.15, 0.2) is 4.33 Å². The number of carbonyl (C=O) groups excluding carboxylic acids is 1. The molecule has 8 heteroatoms. The molecule has 0 heterocycles. The topological polar surface area (TPSA) is 26.3 Å². The summed E-state index contributed by atoms with van der Waals surface area (Å²) in [7, 11) is 0. The fourth-order valence-electron chi connectivity index (χ4n) is 5.34. The van der Waals surface area contributed by atoms with Crippen LogP contribution < -0.4 is 0 Å². The molecule has 122 valence electrons. The van der Waals surface area contributed by atoms with Crippen molar-refractivity contribution in [2.24, 2.45) is 23.7 Å². The normalized spacial score (nSPS) is 54.0. The van der Waals surface area contributed by atoms with Gasteiger partial charge in [0.25, 0.3) is 0 Å². The third-order valence-corrected chi connectivity index (χ3v) is 10.2. The van der Waals surface area contributed by atoms with Crippen molar-refractivity contribution < 1.29 is 9.53 Å². The van der Waals surface area contributed by atoms with Gasteiger partial charge in [0, 0.05) is 12.8 Å². The summed E-state index contributed by atoms with van der Waals surface area (Å²) in [5.74, 6) is -0.252. The zero-order valence-electron chi connectivity index (χ0n) is 11.4. The number of allylic oxidation sites excluding steroid dienone is 2. The average Bonchev–Trinajstić information content (AvgIpc) is 3.04. The maximum atomic E-state index is 11.3. The highest BCUT2D eigenvalue weighted by atomic mass is 35.5. The van der Waals surface area contributed by atoms with Crippen LogP contribution in [0.25, 0.3) is 0 Å². The van der Waals surface area contributed by atoms with Gasteiger partial charge in [-0.1, -0.05) is 46.4 Å². The number of esters is 1. The van der Waals surface area contributed by atoms with Crippen LogP contribution in [0, 0.1) is 23.7 Å². The minimum absolute atomic E-state index is 0.0485. The Hall–Kier alpha value is 0.950.